The molecule has 0 aromatic carbocycles. The Bertz CT molecular complexity index is 702. The molecule has 0 saturated heterocycles. The van der Waals surface area contributed by atoms with Crippen molar-refractivity contribution in [2.24, 2.45) is 0 Å². The number of pyridine rings is 1. The molecule has 0 fully saturated rings. The molecular formula is C16H19Cl2N5Pt2. The van der Waals surface area contributed by atoms with Crippen molar-refractivity contribution in [2.45, 2.75) is 27.2 Å². The maximum atomic E-state index is 4.61. The first-order valence-electron chi connectivity index (χ1n) is 7.11. The van der Waals surface area contributed by atoms with Crippen LogP contribution in [0.4, 0.5) is 0 Å². The van der Waals surface area contributed by atoms with Crippen LogP contribution in [0.5, 0.6) is 0 Å². The Balaban J connectivity index is 0.000000728. The maximum absolute atomic E-state index is 4.61. The summed E-state index contributed by atoms with van der Waals surface area (Å²) in [4.78, 5) is 8.45. The second kappa shape index (κ2) is 14.7. The molecule has 3 aromatic rings. The predicted molar refractivity (Wildman–Crippen MR) is 94.1 cm³/mol. The van der Waals surface area contributed by atoms with Crippen LogP contribution < -0.4 is 0 Å². The van der Waals surface area contributed by atoms with Gasteiger partial charge in [-0.1, -0.05) is 31.5 Å². The van der Waals surface area contributed by atoms with Gasteiger partial charge in [0.05, 0.1) is 11.5 Å². The summed E-state index contributed by atoms with van der Waals surface area (Å²) in [7, 11) is 9.22. The fraction of sp³-hybridized carbons (Fsp3) is 0.250. The molecule has 0 bridgehead atoms. The second-order valence-corrected chi connectivity index (χ2v) is 4.59. The van der Waals surface area contributed by atoms with Gasteiger partial charge in [-0.3, -0.25) is 4.98 Å². The van der Waals surface area contributed by atoms with E-state index in [9.17, 15) is 0 Å². The van der Waals surface area contributed by atoms with Crippen LogP contribution in [0.15, 0.2) is 36.7 Å². The van der Waals surface area contributed by atoms with E-state index in [1.54, 1.807) is 48.3 Å². The van der Waals surface area contributed by atoms with Crippen LogP contribution in [0, 0.1) is 27.1 Å². The van der Waals surface area contributed by atoms with E-state index in [1.807, 2.05) is 55.9 Å². The first-order chi connectivity index (χ1) is 12.2. The van der Waals surface area contributed by atoms with Gasteiger partial charge < -0.3 is 16.5 Å². The van der Waals surface area contributed by atoms with E-state index in [-0.39, 0.29) is 0 Å². The van der Waals surface area contributed by atoms with Gasteiger partial charge >= 0.3 is 56.4 Å². The normalized spacial score (nSPS) is 9.04. The molecule has 3 heterocycles. The predicted octanol–water partition coefficient (Wildman–Crippen LogP) is 4.47. The molecule has 142 valence electrons. The summed E-state index contributed by atoms with van der Waals surface area (Å²) in [6, 6.07) is 7.81. The van der Waals surface area contributed by atoms with E-state index in [0.29, 0.717) is 0 Å². The SMILES string of the molecule is Cc1cc(C)n(-c2cccc(-n3[c-]ncc3)n2)n1.[CH2-]CC.[Cl][Pt+].[Cl][Pt+]. The molecule has 0 N–H and O–H groups in total. The van der Waals surface area contributed by atoms with Crippen molar-refractivity contribution in [1.29, 1.82) is 0 Å². The molecule has 25 heavy (non-hydrogen) atoms. The summed E-state index contributed by atoms with van der Waals surface area (Å²) in [5, 5.41) is 4.42. The summed E-state index contributed by atoms with van der Waals surface area (Å²) >= 11 is 3.22. The van der Waals surface area contributed by atoms with Gasteiger partial charge in [-0.15, -0.1) is 0 Å². The third kappa shape index (κ3) is 8.17. The van der Waals surface area contributed by atoms with Crippen LogP contribution >= 0.6 is 18.8 Å². The third-order valence-corrected chi connectivity index (χ3v) is 2.65. The molecule has 0 saturated carbocycles. The molecule has 0 atom stereocenters. The van der Waals surface area contributed by atoms with Gasteiger partial charge in [-0.05, 0) is 26.0 Å². The Morgan fingerprint density at radius 3 is 2.24 bits per heavy atom. The summed E-state index contributed by atoms with van der Waals surface area (Å²) in [6.45, 7) is 9.48. The quantitative estimate of drug-likeness (QED) is 0.365. The minimum absolute atomic E-state index is 0.776. The van der Waals surface area contributed by atoms with E-state index < -0.39 is 0 Å². The zero-order valence-electron chi connectivity index (χ0n) is 14.0. The first kappa shape index (κ1) is 24.5. The van der Waals surface area contributed by atoms with Crippen LogP contribution in [0.2, 0.25) is 0 Å². The van der Waals surface area contributed by atoms with Crippen molar-refractivity contribution in [3.05, 3.63) is 61.3 Å². The second-order valence-electron chi connectivity index (χ2n) is 4.59. The summed E-state index contributed by atoms with van der Waals surface area (Å²) in [5.41, 5.74) is 2.04. The van der Waals surface area contributed by atoms with Crippen LogP contribution in [0.25, 0.3) is 11.6 Å². The summed E-state index contributed by atoms with van der Waals surface area (Å²) in [6.07, 6.45) is 7.32. The molecule has 0 spiro atoms. The molecule has 9 heteroatoms. The van der Waals surface area contributed by atoms with Crippen molar-refractivity contribution < 1.29 is 37.5 Å². The molecule has 5 nitrogen and oxygen atoms in total. The molecule has 3 aromatic heterocycles. The molecule has 0 aliphatic rings. The van der Waals surface area contributed by atoms with Gasteiger partial charge in [0.2, 0.25) is 0 Å². The number of aryl methyl sites for hydroxylation is 2. The van der Waals surface area contributed by atoms with Gasteiger partial charge in [0, 0.05) is 12.0 Å². The minimum atomic E-state index is 0.776. The van der Waals surface area contributed by atoms with Crippen LogP contribution in [0.3, 0.4) is 0 Å². The molecule has 0 aliphatic heterocycles. The Morgan fingerprint density at radius 1 is 1.16 bits per heavy atom. The van der Waals surface area contributed by atoms with Crippen molar-refractivity contribution in [2.75, 3.05) is 0 Å². The van der Waals surface area contributed by atoms with Gasteiger partial charge in [-0.2, -0.15) is 11.5 Å². The molecule has 0 aliphatic carbocycles. The zero-order valence-corrected chi connectivity index (χ0v) is 20.1. The van der Waals surface area contributed by atoms with E-state index in [2.05, 4.69) is 47.2 Å². The van der Waals surface area contributed by atoms with Crippen molar-refractivity contribution >= 4 is 18.8 Å². The van der Waals surface area contributed by atoms with Crippen LogP contribution in [0.1, 0.15) is 24.7 Å². The van der Waals surface area contributed by atoms with Crippen molar-refractivity contribution in [3.8, 4) is 11.6 Å². The van der Waals surface area contributed by atoms with Gasteiger partial charge in [-0.25, -0.2) is 4.68 Å². The number of halogens is 2. The number of aromatic nitrogens is 5. The fourth-order valence-electron chi connectivity index (χ4n) is 1.88. The van der Waals surface area contributed by atoms with Crippen molar-refractivity contribution in [3.63, 3.8) is 0 Å². The van der Waals surface area contributed by atoms with E-state index in [1.165, 1.54) is 0 Å². The van der Waals surface area contributed by atoms with E-state index in [4.69, 9.17) is 0 Å². The van der Waals surface area contributed by atoms with Gasteiger partial charge in [0.1, 0.15) is 5.82 Å². The number of hydrogen-bond acceptors (Lipinski definition) is 3. The molecular weight excluding hydrogens is 723 g/mol. The molecule has 0 amide bonds. The standard InChI is InChI=1S/C13H12N5.C3H7.2ClH.2Pt/c1-10-8-11(2)18(16-10)13-5-3-4-12(15-13)17-7-6-14-9-17;1-3-2;;;;/h3-8H,1-2H3;1,3H2,2H3;2*1H;;/q2*-1;;;2*+2/p-2. The van der Waals surface area contributed by atoms with E-state index >= 15 is 0 Å². The Kier molecular flexibility index (Phi) is 14.4. The number of nitrogens with zero attached hydrogens (tertiary/aromatic N) is 5. The van der Waals surface area contributed by atoms with Gasteiger partial charge in [0.15, 0.2) is 0 Å². The number of rotatable bonds is 2. The first-order valence-corrected chi connectivity index (χ1v) is 12.7. The molecule has 0 radical (unpaired) electrons. The summed E-state index contributed by atoms with van der Waals surface area (Å²) in [5.74, 6) is 1.57. The van der Waals surface area contributed by atoms with Crippen LogP contribution in [-0.2, 0) is 37.5 Å². The van der Waals surface area contributed by atoms with E-state index in [0.717, 1.165) is 29.4 Å². The number of imidazole rings is 1. The topological polar surface area (TPSA) is 48.5 Å². The zero-order chi connectivity index (χ0) is 19.2. The Hall–Kier alpha value is -0.473. The Morgan fingerprint density at radius 2 is 1.76 bits per heavy atom. The number of hydrogen-bond donors (Lipinski definition) is 0. The Labute approximate surface area is 179 Å². The average molecular weight is 742 g/mol. The molecule has 0 unspecified atom stereocenters. The monoisotopic (exact) mass is 741 g/mol. The van der Waals surface area contributed by atoms with Crippen LogP contribution in [-0.4, -0.2) is 24.3 Å². The third-order valence-electron chi connectivity index (χ3n) is 2.65. The van der Waals surface area contributed by atoms with Gasteiger partial charge in [0.25, 0.3) is 0 Å². The average Bonchev–Trinajstić information content (AvgIpc) is 3.29. The summed E-state index contributed by atoms with van der Waals surface area (Å²) < 4.78 is 3.57. The van der Waals surface area contributed by atoms with Crippen molar-refractivity contribution in [1.82, 2.24) is 24.3 Å². The fourth-order valence-corrected chi connectivity index (χ4v) is 1.88. The molecule has 3 rings (SSSR count).